The molecule has 3 nitrogen and oxygen atoms in total. The average molecular weight is 393 g/mol. The quantitative estimate of drug-likeness (QED) is 0.578. The minimum atomic E-state index is -0.462. The molecule has 0 saturated carbocycles. The number of carbonyl (C=O) groups is 2. The van der Waals surface area contributed by atoms with Gasteiger partial charge in [-0.15, -0.1) is 0 Å². The van der Waals surface area contributed by atoms with Gasteiger partial charge in [0.25, 0.3) is 0 Å². The number of imide groups is 1. The van der Waals surface area contributed by atoms with Crippen LogP contribution in [0.15, 0.2) is 72.8 Å². The van der Waals surface area contributed by atoms with Crippen LogP contribution in [0.4, 0.5) is 5.69 Å². The molecule has 0 unspecified atom stereocenters. The summed E-state index contributed by atoms with van der Waals surface area (Å²) in [5.74, 6) is -0.867. The van der Waals surface area contributed by atoms with Gasteiger partial charge in [0.15, 0.2) is 0 Å². The Bertz CT molecular complexity index is 1180. The van der Waals surface area contributed by atoms with Crippen molar-refractivity contribution >= 4 is 17.5 Å². The molecule has 0 N–H and O–H groups in total. The molecule has 2 atom stereocenters. The van der Waals surface area contributed by atoms with Crippen molar-refractivity contribution in [3.8, 4) is 0 Å². The maximum atomic E-state index is 14.0. The van der Waals surface area contributed by atoms with Crippen LogP contribution in [0.25, 0.3) is 0 Å². The summed E-state index contributed by atoms with van der Waals surface area (Å²) in [4.78, 5) is 29.3. The van der Waals surface area contributed by atoms with Gasteiger partial charge in [0, 0.05) is 11.3 Å². The Labute approximate surface area is 176 Å². The van der Waals surface area contributed by atoms with Crippen molar-refractivity contribution in [3.63, 3.8) is 0 Å². The van der Waals surface area contributed by atoms with Gasteiger partial charge in [0.2, 0.25) is 11.8 Å². The smallest absolute Gasteiger partial charge is 0.238 e. The van der Waals surface area contributed by atoms with Crippen molar-refractivity contribution in [1.82, 2.24) is 0 Å². The van der Waals surface area contributed by atoms with E-state index in [-0.39, 0.29) is 29.6 Å². The van der Waals surface area contributed by atoms with Crippen LogP contribution in [-0.2, 0) is 15.0 Å². The Morgan fingerprint density at radius 1 is 0.800 bits per heavy atom. The van der Waals surface area contributed by atoms with Gasteiger partial charge in [-0.25, -0.2) is 4.90 Å². The first kappa shape index (κ1) is 17.6. The second-order valence-corrected chi connectivity index (χ2v) is 8.78. The van der Waals surface area contributed by atoms with Gasteiger partial charge < -0.3 is 0 Å². The molecule has 3 aromatic carbocycles. The lowest BCUT2D eigenvalue weighted by Crippen LogP contribution is -2.53. The molecule has 7 rings (SSSR count). The van der Waals surface area contributed by atoms with Crippen LogP contribution in [-0.4, -0.2) is 11.8 Å². The predicted octanol–water partition coefficient (Wildman–Crippen LogP) is 4.96. The number of hydrogen-bond donors (Lipinski definition) is 0. The highest BCUT2D eigenvalue weighted by molar-refractivity contribution is 6.24. The number of amides is 2. The van der Waals surface area contributed by atoms with Crippen molar-refractivity contribution in [2.75, 3.05) is 4.90 Å². The predicted molar refractivity (Wildman–Crippen MR) is 116 cm³/mol. The van der Waals surface area contributed by atoms with E-state index in [1.54, 1.807) is 0 Å². The molecule has 4 aliphatic rings. The second-order valence-electron chi connectivity index (χ2n) is 8.78. The summed E-state index contributed by atoms with van der Waals surface area (Å²) in [5, 5.41) is 0. The SMILES string of the molecule is CCC12c3ccccc3C(c3ccccc31)[C@@H]1C(=O)N(c3ccccc3C)C(=O)[C@H]12. The lowest BCUT2D eigenvalue weighted by atomic mass is 9.46. The molecule has 1 saturated heterocycles. The Morgan fingerprint density at radius 2 is 1.37 bits per heavy atom. The van der Waals surface area contributed by atoms with Gasteiger partial charge in [-0.3, -0.25) is 9.59 Å². The fourth-order valence-electron chi connectivity index (χ4n) is 6.58. The maximum Gasteiger partial charge on any atom is 0.238 e. The molecule has 2 amide bonds. The summed E-state index contributed by atoms with van der Waals surface area (Å²) in [5.41, 5.74) is 6.10. The Hall–Kier alpha value is -3.20. The molecule has 1 aliphatic heterocycles. The molecule has 30 heavy (non-hydrogen) atoms. The highest BCUT2D eigenvalue weighted by Gasteiger charge is 2.67. The van der Waals surface area contributed by atoms with Gasteiger partial charge in [-0.2, -0.15) is 0 Å². The van der Waals surface area contributed by atoms with Crippen LogP contribution < -0.4 is 4.90 Å². The molecule has 0 spiro atoms. The van der Waals surface area contributed by atoms with Crippen LogP contribution in [0.1, 0.15) is 47.1 Å². The fourth-order valence-corrected chi connectivity index (χ4v) is 6.58. The number of para-hydroxylation sites is 1. The van der Waals surface area contributed by atoms with E-state index in [1.807, 2.05) is 31.2 Å². The van der Waals surface area contributed by atoms with Gasteiger partial charge in [0.1, 0.15) is 0 Å². The third-order valence-corrected chi connectivity index (χ3v) is 7.71. The highest BCUT2D eigenvalue weighted by Crippen LogP contribution is 2.65. The molecule has 0 aromatic heterocycles. The number of anilines is 1. The molecule has 1 heterocycles. The summed E-state index contributed by atoms with van der Waals surface area (Å²) in [6.07, 6.45) is 0.787. The van der Waals surface area contributed by atoms with Crippen LogP contribution in [0.2, 0.25) is 0 Å². The maximum absolute atomic E-state index is 14.0. The zero-order chi connectivity index (χ0) is 20.6. The summed E-state index contributed by atoms with van der Waals surface area (Å²) in [7, 11) is 0. The Balaban J connectivity index is 1.66. The zero-order valence-electron chi connectivity index (χ0n) is 17.1. The largest absolute Gasteiger partial charge is 0.274 e. The third-order valence-electron chi connectivity index (χ3n) is 7.71. The van der Waals surface area contributed by atoms with Crippen molar-refractivity contribution in [2.45, 2.75) is 31.6 Å². The number of carbonyl (C=O) groups excluding carboxylic acids is 2. The van der Waals surface area contributed by atoms with E-state index >= 15 is 0 Å². The lowest BCUT2D eigenvalue weighted by molar-refractivity contribution is -0.123. The first-order chi connectivity index (χ1) is 14.6. The molecule has 3 aromatic rings. The van der Waals surface area contributed by atoms with E-state index in [0.29, 0.717) is 0 Å². The molecular formula is C27H23NO2. The van der Waals surface area contributed by atoms with Gasteiger partial charge in [0.05, 0.1) is 17.5 Å². The Kier molecular flexibility index (Phi) is 3.48. The summed E-state index contributed by atoms with van der Waals surface area (Å²) in [6.45, 7) is 4.12. The van der Waals surface area contributed by atoms with Gasteiger partial charge >= 0.3 is 0 Å². The van der Waals surface area contributed by atoms with Crippen molar-refractivity contribution in [2.24, 2.45) is 11.8 Å². The molecule has 0 radical (unpaired) electrons. The van der Waals surface area contributed by atoms with Crippen LogP contribution in [0.3, 0.4) is 0 Å². The van der Waals surface area contributed by atoms with E-state index in [1.165, 1.54) is 27.2 Å². The van der Waals surface area contributed by atoms with E-state index in [2.05, 4.69) is 55.5 Å². The fraction of sp³-hybridized carbons (Fsp3) is 0.259. The molecule has 3 heteroatoms. The lowest BCUT2D eigenvalue weighted by Gasteiger charge is -2.54. The second kappa shape index (κ2) is 5.91. The molecule has 3 aliphatic carbocycles. The van der Waals surface area contributed by atoms with Crippen molar-refractivity contribution in [3.05, 3.63) is 101 Å². The minimum absolute atomic E-state index is 0.0462. The molecule has 2 bridgehead atoms. The monoisotopic (exact) mass is 393 g/mol. The normalized spacial score (nSPS) is 28.3. The first-order valence-corrected chi connectivity index (χ1v) is 10.7. The summed E-state index contributed by atoms with van der Waals surface area (Å²) < 4.78 is 0. The Morgan fingerprint density at radius 3 is 1.97 bits per heavy atom. The highest BCUT2D eigenvalue weighted by atomic mass is 16.2. The van der Waals surface area contributed by atoms with E-state index in [9.17, 15) is 9.59 Å². The van der Waals surface area contributed by atoms with Crippen LogP contribution in [0, 0.1) is 18.8 Å². The summed E-state index contributed by atoms with van der Waals surface area (Å²) >= 11 is 0. The first-order valence-electron chi connectivity index (χ1n) is 10.7. The minimum Gasteiger partial charge on any atom is -0.274 e. The summed E-state index contributed by atoms with van der Waals surface area (Å²) in [6, 6.07) is 24.6. The average Bonchev–Trinajstić information content (AvgIpc) is 3.05. The topological polar surface area (TPSA) is 37.4 Å². The van der Waals surface area contributed by atoms with Crippen LogP contribution >= 0.6 is 0 Å². The molecule has 1 fully saturated rings. The number of aryl methyl sites for hydroxylation is 1. The van der Waals surface area contributed by atoms with Crippen molar-refractivity contribution in [1.29, 1.82) is 0 Å². The van der Waals surface area contributed by atoms with E-state index in [0.717, 1.165) is 17.7 Å². The standard InChI is InChI=1S/C27H23NO2/c1-3-27-19-13-7-5-11-17(19)22(18-12-6-8-14-20(18)27)23-24(27)26(30)28(25(23)29)21-15-9-4-10-16(21)2/h4-15,22-24H,3H2,1-2H3/t22?,23-,24-,27?/m0/s1. The number of rotatable bonds is 2. The number of hydrogen-bond acceptors (Lipinski definition) is 2. The molecule has 148 valence electrons. The zero-order valence-corrected chi connectivity index (χ0v) is 17.1. The van der Waals surface area contributed by atoms with E-state index in [4.69, 9.17) is 0 Å². The van der Waals surface area contributed by atoms with Gasteiger partial charge in [-0.05, 0) is 47.2 Å². The number of benzene rings is 3. The van der Waals surface area contributed by atoms with E-state index < -0.39 is 5.41 Å². The third kappa shape index (κ3) is 1.86. The van der Waals surface area contributed by atoms with Crippen molar-refractivity contribution < 1.29 is 9.59 Å². The number of nitrogens with zero attached hydrogens (tertiary/aromatic N) is 1. The molecular weight excluding hydrogens is 370 g/mol. The van der Waals surface area contributed by atoms with Crippen LogP contribution in [0.5, 0.6) is 0 Å². The van der Waals surface area contributed by atoms with Gasteiger partial charge in [-0.1, -0.05) is 73.7 Å².